The molecule has 1 aromatic carbocycles. The molecule has 0 aromatic heterocycles. The molecule has 0 heterocycles. The number of benzene rings is 1. The second-order valence-electron chi connectivity index (χ2n) is 5.87. The van der Waals surface area contributed by atoms with E-state index in [1.807, 2.05) is 0 Å². The van der Waals surface area contributed by atoms with Gasteiger partial charge in [0.05, 0.1) is 5.56 Å². The summed E-state index contributed by atoms with van der Waals surface area (Å²) in [6.45, 7) is 1.60. The molecule has 1 N–H and O–H groups in total. The first-order chi connectivity index (χ1) is 11.0. The first-order valence-electron chi connectivity index (χ1n) is 7.87. The molecule has 0 amide bonds. The maximum Gasteiger partial charge on any atom is 0.335 e. The van der Waals surface area contributed by atoms with Crippen molar-refractivity contribution in [3.63, 3.8) is 0 Å². The maximum absolute atomic E-state index is 12.3. The average molecular weight is 338 g/mol. The van der Waals surface area contributed by atoms with Crippen molar-refractivity contribution in [1.82, 2.24) is 0 Å². The van der Waals surface area contributed by atoms with Gasteiger partial charge >= 0.3 is 11.9 Å². The number of carbonyl (C=O) groups is 2. The van der Waals surface area contributed by atoms with Crippen molar-refractivity contribution in [3.05, 3.63) is 35.4 Å². The number of carboxylic acids is 1. The van der Waals surface area contributed by atoms with Crippen molar-refractivity contribution in [1.29, 1.82) is 0 Å². The Hall–Kier alpha value is -1.69. The standard InChI is InChI=1S/C17H22O5S/c1-12(17(20)22-15-8-3-2-4-9-15)23(21)11-13-6-5-7-14(10-13)16(18)19/h5-7,10,12,15H,2-4,8-9,11H2,1H3,(H,18,19). The number of ether oxygens (including phenoxy) is 1. The number of carbonyl (C=O) groups excluding carboxylic acids is 1. The minimum Gasteiger partial charge on any atom is -0.478 e. The summed E-state index contributed by atoms with van der Waals surface area (Å²) >= 11 is 0. The van der Waals surface area contributed by atoms with Gasteiger partial charge in [0.1, 0.15) is 11.4 Å². The molecule has 0 bridgehead atoms. The predicted octanol–water partition coefficient (Wildman–Crippen LogP) is 2.90. The van der Waals surface area contributed by atoms with Gasteiger partial charge < -0.3 is 9.84 Å². The van der Waals surface area contributed by atoms with Crippen molar-refractivity contribution in [2.24, 2.45) is 0 Å². The summed E-state index contributed by atoms with van der Waals surface area (Å²) in [5.41, 5.74) is 0.789. The second kappa shape index (κ2) is 8.24. The molecule has 0 radical (unpaired) electrons. The van der Waals surface area contributed by atoms with Gasteiger partial charge in [-0.15, -0.1) is 0 Å². The summed E-state index contributed by atoms with van der Waals surface area (Å²) < 4.78 is 17.8. The molecule has 126 valence electrons. The number of hydrogen-bond acceptors (Lipinski definition) is 4. The second-order valence-corrected chi connectivity index (χ2v) is 7.63. The topological polar surface area (TPSA) is 80.7 Å². The number of carboxylic acid groups (broad SMARTS) is 1. The Morgan fingerprint density at radius 3 is 2.65 bits per heavy atom. The van der Waals surface area contributed by atoms with Crippen LogP contribution in [0.5, 0.6) is 0 Å². The Morgan fingerprint density at radius 1 is 1.30 bits per heavy atom. The summed E-state index contributed by atoms with van der Waals surface area (Å²) in [6.07, 6.45) is 5.02. The lowest BCUT2D eigenvalue weighted by atomic mass is 9.98. The third-order valence-electron chi connectivity index (χ3n) is 4.04. The average Bonchev–Trinajstić information content (AvgIpc) is 2.55. The fourth-order valence-corrected chi connectivity index (χ4v) is 3.66. The van der Waals surface area contributed by atoms with Crippen molar-refractivity contribution >= 4 is 22.7 Å². The van der Waals surface area contributed by atoms with Crippen LogP contribution in [-0.4, -0.2) is 32.6 Å². The molecule has 0 spiro atoms. The molecular formula is C17H22O5S. The molecule has 1 fully saturated rings. The Balaban J connectivity index is 1.92. The molecule has 1 aliphatic carbocycles. The van der Waals surface area contributed by atoms with E-state index in [-0.39, 0.29) is 17.4 Å². The predicted molar refractivity (Wildman–Crippen MR) is 87.7 cm³/mol. The maximum atomic E-state index is 12.3. The van der Waals surface area contributed by atoms with E-state index in [4.69, 9.17) is 9.84 Å². The Morgan fingerprint density at radius 2 is 2.00 bits per heavy atom. The molecule has 1 aliphatic rings. The van der Waals surface area contributed by atoms with E-state index in [9.17, 15) is 13.8 Å². The van der Waals surface area contributed by atoms with Crippen LogP contribution in [0.3, 0.4) is 0 Å². The van der Waals surface area contributed by atoms with Gasteiger partial charge in [-0.3, -0.25) is 9.00 Å². The normalized spacial score (nSPS) is 18.1. The third-order valence-corrected chi connectivity index (χ3v) is 5.64. The number of aromatic carboxylic acids is 1. The van der Waals surface area contributed by atoms with Gasteiger partial charge in [0.25, 0.3) is 0 Å². The lowest BCUT2D eigenvalue weighted by Crippen LogP contribution is -2.30. The smallest absolute Gasteiger partial charge is 0.335 e. The summed E-state index contributed by atoms with van der Waals surface area (Å²) in [5.74, 6) is -1.31. The summed E-state index contributed by atoms with van der Waals surface area (Å²) in [7, 11) is -1.44. The molecular weight excluding hydrogens is 316 g/mol. The van der Waals surface area contributed by atoms with Crippen molar-refractivity contribution in [3.8, 4) is 0 Å². The Labute approximate surface area is 138 Å². The molecule has 5 nitrogen and oxygen atoms in total. The molecule has 1 aromatic rings. The van der Waals surface area contributed by atoms with Crippen molar-refractivity contribution in [2.45, 2.75) is 56.1 Å². The van der Waals surface area contributed by atoms with Crippen molar-refractivity contribution in [2.75, 3.05) is 0 Å². The number of hydrogen-bond donors (Lipinski definition) is 1. The van der Waals surface area contributed by atoms with Crippen LogP contribution in [0.15, 0.2) is 24.3 Å². The minimum absolute atomic E-state index is 0.0500. The fourth-order valence-electron chi connectivity index (χ4n) is 2.63. The van der Waals surface area contributed by atoms with Crippen LogP contribution < -0.4 is 0 Å². The van der Waals surface area contributed by atoms with Gasteiger partial charge in [0, 0.05) is 16.6 Å². The van der Waals surface area contributed by atoms with E-state index in [0.717, 1.165) is 25.7 Å². The van der Waals surface area contributed by atoms with Crippen LogP contribution >= 0.6 is 0 Å². The first-order valence-corrected chi connectivity index (χ1v) is 9.25. The third kappa shape index (κ3) is 5.16. The van der Waals surface area contributed by atoms with Gasteiger partial charge in [0.15, 0.2) is 0 Å². The van der Waals surface area contributed by atoms with E-state index >= 15 is 0 Å². The zero-order valence-electron chi connectivity index (χ0n) is 13.2. The van der Waals surface area contributed by atoms with Crippen LogP contribution in [0.2, 0.25) is 0 Å². The number of esters is 1. The largest absolute Gasteiger partial charge is 0.478 e. The highest BCUT2D eigenvalue weighted by molar-refractivity contribution is 7.85. The lowest BCUT2D eigenvalue weighted by Gasteiger charge is -2.23. The zero-order valence-corrected chi connectivity index (χ0v) is 14.0. The monoisotopic (exact) mass is 338 g/mol. The van der Waals surface area contributed by atoms with Crippen LogP contribution in [0.25, 0.3) is 0 Å². The van der Waals surface area contributed by atoms with E-state index in [1.165, 1.54) is 18.6 Å². The molecule has 0 aliphatic heterocycles. The van der Waals surface area contributed by atoms with Gasteiger partial charge in [-0.1, -0.05) is 18.6 Å². The van der Waals surface area contributed by atoms with E-state index in [1.54, 1.807) is 19.1 Å². The summed E-state index contributed by atoms with van der Waals surface area (Å²) in [5, 5.41) is 8.26. The van der Waals surface area contributed by atoms with Crippen molar-refractivity contribution < 1.29 is 23.6 Å². The molecule has 2 unspecified atom stereocenters. The number of rotatable bonds is 6. The minimum atomic E-state index is -1.44. The SMILES string of the molecule is CC(C(=O)OC1CCCCC1)S(=O)Cc1cccc(C(=O)O)c1. The van der Waals surface area contributed by atoms with Gasteiger partial charge in [-0.2, -0.15) is 0 Å². The fraction of sp³-hybridized carbons (Fsp3) is 0.529. The van der Waals surface area contributed by atoms with Gasteiger partial charge in [-0.05, 0) is 50.3 Å². The lowest BCUT2D eigenvalue weighted by molar-refractivity contribution is -0.149. The van der Waals surface area contributed by atoms with E-state index in [0.29, 0.717) is 5.56 Å². The van der Waals surface area contributed by atoms with Gasteiger partial charge in [-0.25, -0.2) is 4.79 Å². The highest BCUT2D eigenvalue weighted by Crippen LogP contribution is 2.21. The summed E-state index contributed by atoms with van der Waals surface area (Å²) in [6, 6.07) is 6.29. The highest BCUT2D eigenvalue weighted by atomic mass is 32.2. The molecule has 6 heteroatoms. The summed E-state index contributed by atoms with van der Waals surface area (Å²) in [4.78, 5) is 23.1. The molecule has 2 atom stereocenters. The molecule has 23 heavy (non-hydrogen) atoms. The quantitative estimate of drug-likeness (QED) is 0.807. The molecule has 0 saturated heterocycles. The van der Waals surface area contributed by atoms with Crippen LogP contribution in [-0.2, 0) is 26.1 Å². The van der Waals surface area contributed by atoms with Crippen LogP contribution in [0.1, 0.15) is 54.9 Å². The molecule has 2 rings (SSSR count). The van der Waals surface area contributed by atoms with Crippen LogP contribution in [0, 0.1) is 0 Å². The van der Waals surface area contributed by atoms with E-state index in [2.05, 4.69) is 0 Å². The highest BCUT2D eigenvalue weighted by Gasteiger charge is 2.25. The zero-order chi connectivity index (χ0) is 16.8. The first kappa shape index (κ1) is 17.7. The van der Waals surface area contributed by atoms with Gasteiger partial charge in [0.2, 0.25) is 0 Å². The Kier molecular flexibility index (Phi) is 6.33. The van der Waals surface area contributed by atoms with Crippen LogP contribution in [0.4, 0.5) is 0 Å². The van der Waals surface area contributed by atoms with E-state index < -0.39 is 28.0 Å². The molecule has 1 saturated carbocycles. The Bertz CT molecular complexity index is 592.